The van der Waals surface area contributed by atoms with E-state index in [0.717, 1.165) is 11.8 Å². The molecule has 1 nitrogen and oxygen atoms in total. The predicted octanol–water partition coefficient (Wildman–Crippen LogP) is 3.64. The molecule has 1 rings (SSSR count). The molecule has 72 valence electrons. The summed E-state index contributed by atoms with van der Waals surface area (Å²) in [5.74, 6) is -0.271. The molecule has 0 N–H and O–H groups in total. The Morgan fingerprint density at radius 2 is 2.23 bits per heavy atom. The number of rotatable bonds is 4. The maximum Gasteiger partial charge on any atom is 0.173 e. The molecule has 0 saturated heterocycles. The van der Waals surface area contributed by atoms with Gasteiger partial charge < -0.3 is 4.74 Å². The highest BCUT2D eigenvalue weighted by Crippen LogP contribution is 2.27. The van der Waals surface area contributed by atoms with Crippen molar-refractivity contribution in [3.8, 4) is 5.75 Å². The molecular formula is C9H9BrClFO. The summed E-state index contributed by atoms with van der Waals surface area (Å²) < 4.78 is 18.2. The first-order valence-electron chi connectivity index (χ1n) is 3.88. The van der Waals surface area contributed by atoms with Gasteiger partial charge >= 0.3 is 0 Å². The van der Waals surface area contributed by atoms with Gasteiger partial charge in [-0.2, -0.15) is 0 Å². The zero-order valence-electron chi connectivity index (χ0n) is 6.90. The molecule has 0 bridgehead atoms. The van der Waals surface area contributed by atoms with Crippen molar-refractivity contribution in [1.82, 2.24) is 0 Å². The van der Waals surface area contributed by atoms with Gasteiger partial charge in [-0.05, 0) is 18.6 Å². The quantitative estimate of drug-likeness (QED) is 0.598. The second kappa shape index (κ2) is 5.45. The molecule has 0 aliphatic carbocycles. The largest absolute Gasteiger partial charge is 0.489 e. The van der Waals surface area contributed by atoms with Gasteiger partial charge in [-0.3, -0.25) is 0 Å². The molecule has 0 saturated carbocycles. The topological polar surface area (TPSA) is 9.23 Å². The van der Waals surface area contributed by atoms with E-state index >= 15 is 0 Å². The first-order valence-corrected chi connectivity index (χ1v) is 5.38. The van der Waals surface area contributed by atoms with Gasteiger partial charge in [-0.25, -0.2) is 4.39 Å². The summed E-state index contributed by atoms with van der Waals surface area (Å²) in [5.41, 5.74) is 0. The van der Waals surface area contributed by atoms with Gasteiger partial charge in [-0.1, -0.05) is 33.6 Å². The van der Waals surface area contributed by atoms with E-state index in [9.17, 15) is 4.39 Å². The lowest BCUT2D eigenvalue weighted by Crippen LogP contribution is -2.00. The van der Waals surface area contributed by atoms with Crippen molar-refractivity contribution >= 4 is 27.5 Å². The normalized spacial score (nSPS) is 10.1. The van der Waals surface area contributed by atoms with E-state index < -0.39 is 5.82 Å². The average Bonchev–Trinajstić information content (AvgIpc) is 2.10. The maximum atomic E-state index is 13.1. The molecule has 13 heavy (non-hydrogen) atoms. The molecule has 0 aromatic heterocycles. The summed E-state index contributed by atoms with van der Waals surface area (Å²) in [7, 11) is 0. The Labute approximate surface area is 90.0 Å². The highest BCUT2D eigenvalue weighted by Gasteiger charge is 2.06. The predicted molar refractivity (Wildman–Crippen MR) is 55.3 cm³/mol. The number of hydrogen-bond donors (Lipinski definition) is 0. The summed E-state index contributed by atoms with van der Waals surface area (Å²) in [6.45, 7) is 0.464. The fraction of sp³-hybridized carbons (Fsp3) is 0.333. The third-order valence-electron chi connectivity index (χ3n) is 1.44. The van der Waals surface area contributed by atoms with E-state index in [2.05, 4.69) is 15.9 Å². The summed E-state index contributed by atoms with van der Waals surface area (Å²) in [4.78, 5) is 0. The van der Waals surface area contributed by atoms with Gasteiger partial charge in [-0.15, -0.1) is 0 Å². The van der Waals surface area contributed by atoms with Gasteiger partial charge in [0.1, 0.15) is 0 Å². The van der Waals surface area contributed by atoms with Crippen molar-refractivity contribution in [3.05, 3.63) is 29.0 Å². The van der Waals surface area contributed by atoms with Crippen molar-refractivity contribution in [2.75, 3.05) is 11.9 Å². The van der Waals surface area contributed by atoms with Crippen LogP contribution in [0.15, 0.2) is 18.2 Å². The Morgan fingerprint density at radius 1 is 1.46 bits per heavy atom. The number of ether oxygens (including phenoxy) is 1. The van der Waals surface area contributed by atoms with E-state index in [1.807, 2.05) is 0 Å². The molecule has 0 heterocycles. The Kier molecular flexibility index (Phi) is 4.53. The van der Waals surface area contributed by atoms with Crippen molar-refractivity contribution in [1.29, 1.82) is 0 Å². The maximum absolute atomic E-state index is 13.1. The minimum Gasteiger partial charge on any atom is -0.489 e. The number of hydrogen-bond acceptors (Lipinski definition) is 1. The Balaban J connectivity index is 2.64. The number of para-hydroxylation sites is 1. The molecule has 1 aromatic rings. The number of alkyl halides is 1. The van der Waals surface area contributed by atoms with E-state index in [1.165, 1.54) is 6.07 Å². The van der Waals surface area contributed by atoms with Crippen LogP contribution in [-0.4, -0.2) is 11.9 Å². The van der Waals surface area contributed by atoms with Crippen LogP contribution in [0.1, 0.15) is 6.42 Å². The van der Waals surface area contributed by atoms with Gasteiger partial charge in [0, 0.05) is 5.33 Å². The lowest BCUT2D eigenvalue weighted by atomic mass is 10.3. The molecule has 0 aliphatic heterocycles. The Bertz CT molecular complexity index is 260. The van der Waals surface area contributed by atoms with Gasteiger partial charge in [0.05, 0.1) is 11.6 Å². The Hall–Kier alpha value is -0.280. The molecule has 0 amide bonds. The number of halogens is 3. The third-order valence-corrected chi connectivity index (χ3v) is 2.30. The van der Waals surface area contributed by atoms with Crippen molar-refractivity contribution in [2.24, 2.45) is 0 Å². The van der Waals surface area contributed by atoms with Crippen LogP contribution in [0.5, 0.6) is 5.75 Å². The van der Waals surface area contributed by atoms with E-state index in [4.69, 9.17) is 16.3 Å². The zero-order valence-corrected chi connectivity index (χ0v) is 9.24. The van der Waals surface area contributed by atoms with Crippen molar-refractivity contribution < 1.29 is 9.13 Å². The molecule has 0 unspecified atom stereocenters. The Morgan fingerprint density at radius 3 is 2.85 bits per heavy atom. The second-order valence-electron chi connectivity index (χ2n) is 2.44. The summed E-state index contributed by atoms with van der Waals surface area (Å²) in [6, 6.07) is 4.48. The van der Waals surface area contributed by atoms with Crippen LogP contribution < -0.4 is 4.74 Å². The van der Waals surface area contributed by atoms with Crippen LogP contribution >= 0.6 is 27.5 Å². The molecular weight excluding hydrogens is 258 g/mol. The zero-order chi connectivity index (χ0) is 9.68. The van der Waals surface area contributed by atoms with Crippen LogP contribution in [0.3, 0.4) is 0 Å². The molecule has 1 aromatic carbocycles. The lowest BCUT2D eigenvalue weighted by molar-refractivity contribution is 0.303. The minimum absolute atomic E-state index is 0.144. The highest BCUT2D eigenvalue weighted by atomic mass is 79.9. The third kappa shape index (κ3) is 3.16. The highest BCUT2D eigenvalue weighted by molar-refractivity contribution is 9.09. The summed E-state index contributed by atoms with van der Waals surface area (Å²) in [6.07, 6.45) is 0.824. The summed E-state index contributed by atoms with van der Waals surface area (Å²) in [5, 5.41) is 1.15. The average molecular weight is 268 g/mol. The van der Waals surface area contributed by atoms with E-state index in [0.29, 0.717) is 11.6 Å². The minimum atomic E-state index is -0.415. The van der Waals surface area contributed by atoms with Crippen LogP contribution in [0.25, 0.3) is 0 Å². The van der Waals surface area contributed by atoms with E-state index in [-0.39, 0.29) is 5.75 Å². The first kappa shape index (κ1) is 10.8. The molecule has 4 heteroatoms. The van der Waals surface area contributed by atoms with Crippen LogP contribution in [0, 0.1) is 5.82 Å². The molecule has 0 aliphatic rings. The molecule has 0 radical (unpaired) electrons. The van der Waals surface area contributed by atoms with Crippen LogP contribution in [0.2, 0.25) is 5.02 Å². The van der Waals surface area contributed by atoms with Crippen LogP contribution in [0.4, 0.5) is 4.39 Å². The molecule has 0 fully saturated rings. The molecule has 0 atom stereocenters. The standard InChI is InChI=1S/C9H9BrClFO/c10-5-2-6-13-9-7(11)3-1-4-8(9)12/h1,3-4H,2,5-6H2. The van der Waals surface area contributed by atoms with Crippen molar-refractivity contribution in [2.45, 2.75) is 6.42 Å². The fourth-order valence-electron chi connectivity index (χ4n) is 0.849. The lowest BCUT2D eigenvalue weighted by Gasteiger charge is -2.07. The van der Waals surface area contributed by atoms with E-state index in [1.54, 1.807) is 12.1 Å². The second-order valence-corrected chi connectivity index (χ2v) is 3.64. The number of benzene rings is 1. The SMILES string of the molecule is Fc1cccc(Cl)c1OCCCBr. The summed E-state index contributed by atoms with van der Waals surface area (Å²) >= 11 is 8.98. The van der Waals surface area contributed by atoms with Crippen molar-refractivity contribution in [3.63, 3.8) is 0 Å². The smallest absolute Gasteiger partial charge is 0.173 e. The fourth-order valence-corrected chi connectivity index (χ4v) is 1.30. The first-order chi connectivity index (χ1) is 6.25. The van der Waals surface area contributed by atoms with Crippen LogP contribution in [-0.2, 0) is 0 Å². The van der Waals surface area contributed by atoms with Gasteiger partial charge in [0.15, 0.2) is 11.6 Å². The van der Waals surface area contributed by atoms with Gasteiger partial charge in [0.2, 0.25) is 0 Å². The monoisotopic (exact) mass is 266 g/mol. The molecule has 0 spiro atoms. The van der Waals surface area contributed by atoms with Gasteiger partial charge in [0.25, 0.3) is 0 Å².